The monoisotopic (exact) mass is 294 g/mol. The molecule has 1 unspecified atom stereocenters. The van der Waals surface area contributed by atoms with Gasteiger partial charge in [-0.2, -0.15) is 0 Å². The summed E-state index contributed by atoms with van der Waals surface area (Å²) in [5, 5.41) is 23.0. The number of nitrogens with zero attached hydrogens (tertiary/aromatic N) is 1. The number of nitro groups is 1. The maximum Gasteiger partial charge on any atom is 0.305 e. The molecule has 2 N–H and O–H groups in total. The minimum absolute atomic E-state index is 0.00216. The van der Waals surface area contributed by atoms with E-state index in [0.717, 1.165) is 5.56 Å². The second-order valence-electron chi connectivity index (χ2n) is 6.52. The number of aryl methyl sites for hydroxylation is 1. The predicted molar refractivity (Wildman–Crippen MR) is 81.6 cm³/mol. The van der Waals surface area contributed by atoms with Crippen molar-refractivity contribution in [2.24, 2.45) is 5.41 Å². The number of nitrogens with one attached hydrogen (secondary N) is 1. The SMILES string of the molecule is Cc1cc(NC(CC(=O)O)CC(C)(C)C)cc([N+](=O)[O-])c1. The van der Waals surface area contributed by atoms with Crippen molar-refractivity contribution < 1.29 is 14.8 Å². The number of rotatable bonds is 6. The molecule has 1 aromatic rings. The first-order valence-electron chi connectivity index (χ1n) is 6.81. The Morgan fingerprint density at radius 2 is 2.00 bits per heavy atom. The molecule has 1 aromatic carbocycles. The van der Waals surface area contributed by atoms with Crippen LogP contribution in [0.5, 0.6) is 0 Å². The molecule has 0 aliphatic rings. The molecule has 21 heavy (non-hydrogen) atoms. The van der Waals surface area contributed by atoms with Gasteiger partial charge in [-0.15, -0.1) is 0 Å². The Morgan fingerprint density at radius 3 is 2.48 bits per heavy atom. The third-order valence-corrected chi connectivity index (χ3v) is 2.92. The first-order chi connectivity index (χ1) is 9.56. The number of non-ortho nitro benzene ring substituents is 1. The van der Waals surface area contributed by atoms with E-state index >= 15 is 0 Å². The molecule has 0 heterocycles. The number of carboxylic acid groups (broad SMARTS) is 1. The van der Waals surface area contributed by atoms with Gasteiger partial charge in [-0.05, 0) is 30.4 Å². The smallest absolute Gasteiger partial charge is 0.305 e. The molecule has 0 bridgehead atoms. The highest BCUT2D eigenvalue weighted by atomic mass is 16.6. The number of hydrogen-bond donors (Lipinski definition) is 2. The summed E-state index contributed by atoms with van der Waals surface area (Å²) < 4.78 is 0. The van der Waals surface area contributed by atoms with Crippen molar-refractivity contribution in [1.82, 2.24) is 0 Å². The van der Waals surface area contributed by atoms with E-state index in [2.05, 4.69) is 5.32 Å². The van der Waals surface area contributed by atoms with E-state index in [9.17, 15) is 14.9 Å². The minimum atomic E-state index is -0.890. The number of carbonyl (C=O) groups is 1. The second kappa shape index (κ2) is 6.56. The molecule has 0 aliphatic heterocycles. The minimum Gasteiger partial charge on any atom is -0.481 e. The van der Waals surface area contributed by atoms with Crippen LogP contribution >= 0.6 is 0 Å². The Kier molecular flexibility index (Phi) is 5.29. The van der Waals surface area contributed by atoms with E-state index in [1.807, 2.05) is 20.8 Å². The molecule has 0 saturated carbocycles. The van der Waals surface area contributed by atoms with Gasteiger partial charge in [0.05, 0.1) is 11.3 Å². The van der Waals surface area contributed by atoms with Gasteiger partial charge in [-0.25, -0.2) is 0 Å². The summed E-state index contributed by atoms with van der Waals surface area (Å²) >= 11 is 0. The number of anilines is 1. The van der Waals surface area contributed by atoms with E-state index in [1.54, 1.807) is 13.0 Å². The van der Waals surface area contributed by atoms with Crippen LogP contribution < -0.4 is 5.32 Å². The van der Waals surface area contributed by atoms with Gasteiger partial charge in [-0.3, -0.25) is 14.9 Å². The Bertz CT molecular complexity index is 535. The van der Waals surface area contributed by atoms with Gasteiger partial charge in [0.25, 0.3) is 5.69 Å². The quantitative estimate of drug-likeness (QED) is 0.617. The van der Waals surface area contributed by atoms with Crippen molar-refractivity contribution in [3.05, 3.63) is 33.9 Å². The number of hydrogen-bond acceptors (Lipinski definition) is 4. The molecular weight excluding hydrogens is 272 g/mol. The lowest BCUT2D eigenvalue weighted by atomic mass is 9.87. The third kappa shape index (κ3) is 6.25. The molecule has 1 atom stereocenters. The van der Waals surface area contributed by atoms with Crippen molar-refractivity contribution in [1.29, 1.82) is 0 Å². The molecule has 0 aliphatic carbocycles. The van der Waals surface area contributed by atoms with Crippen LogP contribution in [0.25, 0.3) is 0 Å². The summed E-state index contributed by atoms with van der Waals surface area (Å²) in [7, 11) is 0. The lowest BCUT2D eigenvalue weighted by molar-refractivity contribution is -0.384. The number of benzene rings is 1. The molecule has 6 nitrogen and oxygen atoms in total. The standard InChI is InChI=1S/C15H22N2O4/c1-10-5-11(7-13(6-10)17(20)21)16-12(8-14(18)19)9-15(2,3)4/h5-7,12,16H,8-9H2,1-4H3,(H,18,19). The first-order valence-corrected chi connectivity index (χ1v) is 6.81. The largest absolute Gasteiger partial charge is 0.481 e. The van der Waals surface area contributed by atoms with Crippen LogP contribution in [-0.4, -0.2) is 22.0 Å². The second-order valence-corrected chi connectivity index (χ2v) is 6.52. The van der Waals surface area contributed by atoms with Crippen LogP contribution in [0.1, 0.15) is 39.2 Å². The van der Waals surface area contributed by atoms with Gasteiger partial charge in [0, 0.05) is 23.9 Å². The Hall–Kier alpha value is -2.11. The van der Waals surface area contributed by atoms with Crippen LogP contribution in [0.3, 0.4) is 0 Å². The molecule has 0 fully saturated rings. The number of nitro benzene ring substituents is 1. The van der Waals surface area contributed by atoms with Crippen LogP contribution in [0.4, 0.5) is 11.4 Å². The summed E-state index contributed by atoms with van der Waals surface area (Å²) in [6, 6.07) is 4.43. The molecule has 0 saturated heterocycles. The van der Waals surface area contributed by atoms with E-state index < -0.39 is 10.9 Å². The number of aliphatic carboxylic acids is 1. The fourth-order valence-corrected chi connectivity index (χ4v) is 2.31. The fraction of sp³-hybridized carbons (Fsp3) is 0.533. The zero-order chi connectivity index (χ0) is 16.2. The van der Waals surface area contributed by atoms with E-state index in [-0.39, 0.29) is 23.6 Å². The summed E-state index contributed by atoms with van der Waals surface area (Å²) in [5.74, 6) is -0.890. The normalized spacial score (nSPS) is 12.8. The summed E-state index contributed by atoms with van der Waals surface area (Å²) in [6.07, 6.45) is 0.625. The van der Waals surface area contributed by atoms with Gasteiger partial charge in [-0.1, -0.05) is 20.8 Å². The summed E-state index contributed by atoms with van der Waals surface area (Å²) in [5.41, 5.74) is 1.30. The van der Waals surface area contributed by atoms with Crippen LogP contribution in [0.15, 0.2) is 18.2 Å². The molecule has 0 spiro atoms. The molecule has 0 radical (unpaired) electrons. The maximum absolute atomic E-state index is 11.0. The average Bonchev–Trinajstić information content (AvgIpc) is 2.24. The molecule has 116 valence electrons. The van der Waals surface area contributed by atoms with E-state index in [4.69, 9.17) is 5.11 Å². The van der Waals surface area contributed by atoms with Crippen LogP contribution in [0.2, 0.25) is 0 Å². The molecule has 0 aromatic heterocycles. The van der Waals surface area contributed by atoms with Gasteiger partial charge in [0.2, 0.25) is 0 Å². The van der Waals surface area contributed by atoms with Crippen molar-refractivity contribution in [3.63, 3.8) is 0 Å². The lowest BCUT2D eigenvalue weighted by Gasteiger charge is -2.26. The highest BCUT2D eigenvalue weighted by Gasteiger charge is 2.21. The van der Waals surface area contributed by atoms with Crippen molar-refractivity contribution in [2.45, 2.75) is 46.6 Å². The zero-order valence-corrected chi connectivity index (χ0v) is 12.8. The Morgan fingerprint density at radius 1 is 1.38 bits per heavy atom. The highest BCUT2D eigenvalue weighted by molar-refractivity contribution is 5.68. The Balaban J connectivity index is 2.97. The molecule has 6 heteroatoms. The lowest BCUT2D eigenvalue weighted by Crippen LogP contribution is -2.28. The zero-order valence-electron chi connectivity index (χ0n) is 12.8. The van der Waals surface area contributed by atoms with Gasteiger partial charge >= 0.3 is 5.97 Å². The maximum atomic E-state index is 11.0. The topological polar surface area (TPSA) is 92.5 Å². The summed E-state index contributed by atoms with van der Waals surface area (Å²) in [6.45, 7) is 7.86. The molecule has 0 amide bonds. The van der Waals surface area contributed by atoms with E-state index in [1.165, 1.54) is 12.1 Å². The average molecular weight is 294 g/mol. The number of carboxylic acids is 1. The van der Waals surface area contributed by atoms with Crippen LogP contribution in [0, 0.1) is 22.5 Å². The van der Waals surface area contributed by atoms with E-state index in [0.29, 0.717) is 12.1 Å². The van der Waals surface area contributed by atoms with Crippen molar-refractivity contribution >= 4 is 17.3 Å². The first kappa shape index (κ1) is 16.9. The van der Waals surface area contributed by atoms with Crippen LogP contribution in [-0.2, 0) is 4.79 Å². The fourth-order valence-electron chi connectivity index (χ4n) is 2.31. The third-order valence-electron chi connectivity index (χ3n) is 2.92. The molecular formula is C15H22N2O4. The van der Waals surface area contributed by atoms with Crippen molar-refractivity contribution in [3.8, 4) is 0 Å². The van der Waals surface area contributed by atoms with Crippen molar-refractivity contribution in [2.75, 3.05) is 5.32 Å². The predicted octanol–water partition coefficient (Wildman–Crippen LogP) is 3.59. The highest BCUT2D eigenvalue weighted by Crippen LogP contribution is 2.26. The van der Waals surface area contributed by atoms with Gasteiger partial charge < -0.3 is 10.4 Å². The Labute approximate surface area is 124 Å². The van der Waals surface area contributed by atoms with Gasteiger partial charge in [0.1, 0.15) is 0 Å². The van der Waals surface area contributed by atoms with Gasteiger partial charge in [0.15, 0.2) is 0 Å². The molecule has 1 rings (SSSR count). The summed E-state index contributed by atoms with van der Waals surface area (Å²) in [4.78, 5) is 21.4.